The molecule has 0 heterocycles. The van der Waals surface area contributed by atoms with Gasteiger partial charge < -0.3 is 10.6 Å². The van der Waals surface area contributed by atoms with Gasteiger partial charge in [0.05, 0.1) is 0 Å². The van der Waals surface area contributed by atoms with Crippen LogP contribution in [0.15, 0.2) is 0 Å². The standard InChI is InChI=1S/C7H18N2/c1-6(2)9(4)7(3)5-8/h6-7H,5,8H2,1-4H3/t7-/m1/s1. The lowest BCUT2D eigenvalue weighted by Gasteiger charge is -2.26. The summed E-state index contributed by atoms with van der Waals surface area (Å²) in [5.41, 5.74) is 5.47. The van der Waals surface area contributed by atoms with Gasteiger partial charge in [0, 0.05) is 18.6 Å². The van der Waals surface area contributed by atoms with E-state index in [0.29, 0.717) is 12.1 Å². The van der Waals surface area contributed by atoms with Crippen LogP contribution in [0.25, 0.3) is 0 Å². The van der Waals surface area contributed by atoms with E-state index in [1.807, 2.05) is 0 Å². The zero-order valence-corrected chi connectivity index (χ0v) is 6.89. The molecule has 0 radical (unpaired) electrons. The third-order valence-electron chi connectivity index (χ3n) is 1.85. The van der Waals surface area contributed by atoms with Crippen LogP contribution in [-0.4, -0.2) is 30.6 Å². The highest BCUT2D eigenvalue weighted by atomic mass is 15.1. The molecular formula is C7H18N2. The molecule has 0 aliphatic rings. The molecule has 9 heavy (non-hydrogen) atoms. The molecule has 0 aromatic rings. The molecule has 1 atom stereocenters. The molecule has 0 fully saturated rings. The van der Waals surface area contributed by atoms with E-state index >= 15 is 0 Å². The zero-order chi connectivity index (χ0) is 7.44. The maximum atomic E-state index is 5.47. The molecule has 0 bridgehead atoms. The Kier molecular flexibility index (Phi) is 3.82. The summed E-state index contributed by atoms with van der Waals surface area (Å²) >= 11 is 0. The van der Waals surface area contributed by atoms with E-state index in [4.69, 9.17) is 5.73 Å². The molecule has 0 saturated carbocycles. The molecule has 0 saturated heterocycles. The van der Waals surface area contributed by atoms with Crippen molar-refractivity contribution in [1.29, 1.82) is 0 Å². The number of hydrogen-bond donors (Lipinski definition) is 1. The van der Waals surface area contributed by atoms with Crippen molar-refractivity contribution in [3.63, 3.8) is 0 Å². The van der Waals surface area contributed by atoms with Gasteiger partial charge in [-0.05, 0) is 27.8 Å². The molecule has 0 amide bonds. The van der Waals surface area contributed by atoms with Crippen LogP contribution in [0.3, 0.4) is 0 Å². The van der Waals surface area contributed by atoms with Gasteiger partial charge in [0.1, 0.15) is 0 Å². The summed E-state index contributed by atoms with van der Waals surface area (Å²) in [6, 6.07) is 1.11. The monoisotopic (exact) mass is 130 g/mol. The number of nitrogens with zero attached hydrogens (tertiary/aromatic N) is 1. The lowest BCUT2D eigenvalue weighted by atomic mass is 10.2. The topological polar surface area (TPSA) is 29.3 Å². The largest absolute Gasteiger partial charge is 0.329 e. The van der Waals surface area contributed by atoms with Gasteiger partial charge in [0.15, 0.2) is 0 Å². The number of rotatable bonds is 3. The van der Waals surface area contributed by atoms with Crippen LogP contribution in [0.4, 0.5) is 0 Å². The maximum absolute atomic E-state index is 5.47. The third kappa shape index (κ3) is 2.82. The minimum absolute atomic E-state index is 0.505. The first-order valence-corrected chi connectivity index (χ1v) is 3.51. The number of nitrogens with two attached hydrogens (primary N) is 1. The second-order valence-electron chi connectivity index (χ2n) is 2.84. The van der Waals surface area contributed by atoms with E-state index in [1.165, 1.54) is 0 Å². The van der Waals surface area contributed by atoms with Crippen LogP contribution in [0.5, 0.6) is 0 Å². The van der Waals surface area contributed by atoms with E-state index in [2.05, 4.69) is 32.7 Å². The van der Waals surface area contributed by atoms with Gasteiger partial charge in [-0.15, -0.1) is 0 Å². The summed E-state index contributed by atoms with van der Waals surface area (Å²) in [6.45, 7) is 7.23. The fraction of sp³-hybridized carbons (Fsp3) is 1.00. The van der Waals surface area contributed by atoms with Crippen LogP contribution in [0.2, 0.25) is 0 Å². The van der Waals surface area contributed by atoms with Gasteiger partial charge in [0.2, 0.25) is 0 Å². The molecule has 2 N–H and O–H groups in total. The lowest BCUT2D eigenvalue weighted by molar-refractivity contribution is 0.213. The molecular weight excluding hydrogens is 112 g/mol. The predicted molar refractivity (Wildman–Crippen MR) is 41.4 cm³/mol. The fourth-order valence-electron chi connectivity index (χ4n) is 0.675. The average molecular weight is 130 g/mol. The van der Waals surface area contributed by atoms with Crippen molar-refractivity contribution < 1.29 is 0 Å². The summed E-state index contributed by atoms with van der Waals surface area (Å²) in [5.74, 6) is 0. The normalized spacial score (nSPS) is 15.0. The quantitative estimate of drug-likeness (QED) is 0.608. The van der Waals surface area contributed by atoms with E-state index < -0.39 is 0 Å². The minimum atomic E-state index is 0.505. The highest BCUT2D eigenvalue weighted by Crippen LogP contribution is 1.98. The molecule has 0 rings (SSSR count). The Morgan fingerprint density at radius 2 is 1.78 bits per heavy atom. The molecule has 0 aliphatic carbocycles. The zero-order valence-electron chi connectivity index (χ0n) is 6.89. The van der Waals surface area contributed by atoms with Gasteiger partial charge in [-0.1, -0.05) is 0 Å². The molecule has 56 valence electrons. The summed E-state index contributed by atoms with van der Waals surface area (Å²) in [6.07, 6.45) is 0. The van der Waals surface area contributed by atoms with Crippen LogP contribution in [0.1, 0.15) is 20.8 Å². The first-order valence-electron chi connectivity index (χ1n) is 3.51. The molecule has 0 unspecified atom stereocenters. The summed E-state index contributed by atoms with van der Waals surface area (Å²) < 4.78 is 0. The Hall–Kier alpha value is -0.0800. The summed E-state index contributed by atoms with van der Waals surface area (Å²) in [7, 11) is 2.10. The highest BCUT2D eigenvalue weighted by molar-refractivity contribution is 4.66. The van der Waals surface area contributed by atoms with E-state index in [-0.39, 0.29) is 0 Å². The van der Waals surface area contributed by atoms with Gasteiger partial charge >= 0.3 is 0 Å². The molecule has 0 aromatic carbocycles. The Balaban J connectivity index is 3.58. The van der Waals surface area contributed by atoms with Crippen molar-refractivity contribution in [3.05, 3.63) is 0 Å². The number of likely N-dealkylation sites (N-methyl/N-ethyl adjacent to an activating group) is 1. The van der Waals surface area contributed by atoms with Crippen molar-refractivity contribution >= 4 is 0 Å². The lowest BCUT2D eigenvalue weighted by Crippen LogP contribution is -2.39. The Labute approximate surface area is 58.0 Å². The minimum Gasteiger partial charge on any atom is -0.329 e. The van der Waals surface area contributed by atoms with E-state index in [0.717, 1.165) is 6.54 Å². The third-order valence-corrected chi connectivity index (χ3v) is 1.85. The highest BCUT2D eigenvalue weighted by Gasteiger charge is 2.08. The van der Waals surface area contributed by atoms with Crippen LogP contribution in [-0.2, 0) is 0 Å². The molecule has 0 aromatic heterocycles. The van der Waals surface area contributed by atoms with E-state index in [1.54, 1.807) is 0 Å². The molecule has 0 aliphatic heterocycles. The predicted octanol–water partition coefficient (Wildman–Crippen LogP) is 0.674. The SMILES string of the molecule is CC(C)N(C)[C@H](C)CN. The van der Waals surface area contributed by atoms with Gasteiger partial charge in [-0.2, -0.15) is 0 Å². The maximum Gasteiger partial charge on any atom is 0.0189 e. The van der Waals surface area contributed by atoms with Crippen LogP contribution >= 0.6 is 0 Å². The molecule has 2 heteroatoms. The van der Waals surface area contributed by atoms with Crippen molar-refractivity contribution in [2.45, 2.75) is 32.9 Å². The first-order chi connectivity index (χ1) is 4.09. The van der Waals surface area contributed by atoms with Crippen molar-refractivity contribution in [3.8, 4) is 0 Å². The number of hydrogen-bond acceptors (Lipinski definition) is 2. The summed E-state index contributed by atoms with van der Waals surface area (Å²) in [5, 5.41) is 0. The Morgan fingerprint density at radius 1 is 1.33 bits per heavy atom. The average Bonchev–Trinajstić information content (AvgIpc) is 1.84. The fourth-order valence-corrected chi connectivity index (χ4v) is 0.675. The van der Waals surface area contributed by atoms with Gasteiger partial charge in [-0.3, -0.25) is 0 Å². The summed E-state index contributed by atoms with van der Waals surface area (Å²) in [4.78, 5) is 2.26. The van der Waals surface area contributed by atoms with E-state index in [9.17, 15) is 0 Å². The van der Waals surface area contributed by atoms with Crippen molar-refractivity contribution in [2.75, 3.05) is 13.6 Å². The van der Waals surface area contributed by atoms with Crippen LogP contribution in [0, 0.1) is 0 Å². The Morgan fingerprint density at radius 3 is 1.89 bits per heavy atom. The smallest absolute Gasteiger partial charge is 0.0189 e. The molecule has 2 nitrogen and oxygen atoms in total. The Bertz CT molecular complexity index is 71.3. The van der Waals surface area contributed by atoms with Crippen LogP contribution < -0.4 is 5.73 Å². The van der Waals surface area contributed by atoms with Crippen molar-refractivity contribution in [2.24, 2.45) is 5.73 Å². The van der Waals surface area contributed by atoms with Gasteiger partial charge in [-0.25, -0.2) is 0 Å². The first kappa shape index (κ1) is 8.92. The molecule has 0 spiro atoms. The van der Waals surface area contributed by atoms with Gasteiger partial charge in [0.25, 0.3) is 0 Å². The van der Waals surface area contributed by atoms with Crippen molar-refractivity contribution in [1.82, 2.24) is 4.90 Å². The second-order valence-corrected chi connectivity index (χ2v) is 2.84. The second kappa shape index (κ2) is 3.85.